The third-order valence-electron chi connectivity index (χ3n) is 1.81. The highest BCUT2D eigenvalue weighted by molar-refractivity contribution is 6.29. The van der Waals surface area contributed by atoms with Crippen molar-refractivity contribution in [3.8, 4) is 0 Å². The summed E-state index contributed by atoms with van der Waals surface area (Å²) in [7, 11) is 0. The van der Waals surface area contributed by atoms with Crippen LogP contribution in [0.15, 0.2) is 18.3 Å². The molecule has 1 heterocycles. The first-order valence-electron chi connectivity index (χ1n) is 5.31. The molecule has 0 aliphatic rings. The molecule has 0 spiro atoms. The molecule has 0 aliphatic carbocycles. The van der Waals surface area contributed by atoms with E-state index in [-0.39, 0.29) is 17.4 Å². The van der Waals surface area contributed by atoms with Gasteiger partial charge in [0.25, 0.3) is 0 Å². The standard InChI is InChI=1S/C12H16ClNO3/c1-12(2,3)17-7-6-16-11(15)9-4-5-14-10(13)8-9/h4-5,8H,6-7H2,1-3H3. The van der Waals surface area contributed by atoms with Gasteiger partial charge in [-0.25, -0.2) is 9.78 Å². The molecular formula is C12H16ClNO3. The molecule has 1 rings (SSSR count). The van der Waals surface area contributed by atoms with Crippen LogP contribution >= 0.6 is 11.6 Å². The van der Waals surface area contributed by atoms with Gasteiger partial charge in [0.15, 0.2) is 0 Å². The molecule has 17 heavy (non-hydrogen) atoms. The highest BCUT2D eigenvalue weighted by Gasteiger charge is 2.11. The van der Waals surface area contributed by atoms with E-state index in [4.69, 9.17) is 21.1 Å². The van der Waals surface area contributed by atoms with Gasteiger partial charge in [0.1, 0.15) is 11.8 Å². The quantitative estimate of drug-likeness (QED) is 0.473. The fourth-order valence-corrected chi connectivity index (χ4v) is 1.27. The van der Waals surface area contributed by atoms with Gasteiger partial charge in [-0.3, -0.25) is 0 Å². The van der Waals surface area contributed by atoms with Crippen LogP contribution < -0.4 is 0 Å². The smallest absolute Gasteiger partial charge is 0.338 e. The minimum absolute atomic E-state index is 0.218. The molecule has 0 aliphatic heterocycles. The minimum Gasteiger partial charge on any atom is -0.460 e. The molecule has 0 saturated carbocycles. The van der Waals surface area contributed by atoms with E-state index in [0.717, 1.165) is 0 Å². The number of aromatic nitrogens is 1. The molecule has 94 valence electrons. The van der Waals surface area contributed by atoms with Crippen LogP contribution in [0.4, 0.5) is 0 Å². The summed E-state index contributed by atoms with van der Waals surface area (Å²) in [5, 5.41) is 0.269. The lowest BCUT2D eigenvalue weighted by atomic mass is 10.2. The van der Waals surface area contributed by atoms with Crippen LogP contribution in [0.5, 0.6) is 0 Å². The molecule has 1 aromatic rings. The first kappa shape index (κ1) is 13.9. The van der Waals surface area contributed by atoms with E-state index >= 15 is 0 Å². The van der Waals surface area contributed by atoms with E-state index in [1.165, 1.54) is 12.3 Å². The number of ether oxygens (including phenoxy) is 2. The lowest BCUT2D eigenvalue weighted by Gasteiger charge is -2.19. The average Bonchev–Trinajstić information content (AvgIpc) is 2.23. The maximum absolute atomic E-state index is 11.6. The van der Waals surface area contributed by atoms with E-state index in [1.54, 1.807) is 6.07 Å². The molecule has 0 atom stereocenters. The van der Waals surface area contributed by atoms with Crippen molar-refractivity contribution in [2.75, 3.05) is 13.2 Å². The van der Waals surface area contributed by atoms with Gasteiger partial charge in [-0.15, -0.1) is 0 Å². The Labute approximate surface area is 106 Å². The van der Waals surface area contributed by atoms with Gasteiger partial charge in [-0.05, 0) is 32.9 Å². The van der Waals surface area contributed by atoms with Crippen molar-refractivity contribution < 1.29 is 14.3 Å². The molecule has 0 fully saturated rings. The number of carbonyl (C=O) groups excluding carboxylic acids is 1. The third kappa shape index (κ3) is 5.65. The number of hydrogen-bond acceptors (Lipinski definition) is 4. The Bertz CT molecular complexity index is 388. The van der Waals surface area contributed by atoms with E-state index < -0.39 is 5.97 Å². The summed E-state index contributed by atoms with van der Waals surface area (Å²) in [6.45, 7) is 6.41. The Morgan fingerprint density at radius 3 is 2.71 bits per heavy atom. The fraction of sp³-hybridized carbons (Fsp3) is 0.500. The number of nitrogens with zero attached hydrogens (tertiary/aromatic N) is 1. The van der Waals surface area contributed by atoms with Crippen molar-refractivity contribution in [3.05, 3.63) is 29.0 Å². The van der Waals surface area contributed by atoms with Crippen LogP contribution in [0, 0.1) is 0 Å². The number of pyridine rings is 1. The van der Waals surface area contributed by atoms with Crippen molar-refractivity contribution in [1.29, 1.82) is 0 Å². The molecule has 0 amide bonds. The molecule has 1 aromatic heterocycles. The summed E-state index contributed by atoms with van der Waals surface area (Å²) in [5.41, 5.74) is 0.160. The molecule has 0 bridgehead atoms. The van der Waals surface area contributed by atoms with Gasteiger partial charge >= 0.3 is 5.97 Å². The van der Waals surface area contributed by atoms with Crippen molar-refractivity contribution >= 4 is 17.6 Å². The SMILES string of the molecule is CC(C)(C)OCCOC(=O)c1ccnc(Cl)c1. The molecule has 0 radical (unpaired) electrons. The first-order valence-corrected chi connectivity index (χ1v) is 5.69. The van der Waals surface area contributed by atoms with Gasteiger partial charge in [-0.2, -0.15) is 0 Å². The third-order valence-corrected chi connectivity index (χ3v) is 2.02. The minimum atomic E-state index is -0.424. The highest BCUT2D eigenvalue weighted by Crippen LogP contribution is 2.09. The topological polar surface area (TPSA) is 48.4 Å². The highest BCUT2D eigenvalue weighted by atomic mass is 35.5. The average molecular weight is 258 g/mol. The first-order chi connectivity index (χ1) is 7.88. The van der Waals surface area contributed by atoms with Crippen molar-refractivity contribution in [3.63, 3.8) is 0 Å². The van der Waals surface area contributed by atoms with Gasteiger partial charge in [0.05, 0.1) is 17.8 Å². The lowest BCUT2D eigenvalue weighted by molar-refractivity contribution is -0.0281. The second-order valence-corrected chi connectivity index (χ2v) is 4.85. The fourth-order valence-electron chi connectivity index (χ4n) is 1.09. The Balaban J connectivity index is 2.36. The predicted molar refractivity (Wildman–Crippen MR) is 65.2 cm³/mol. The second-order valence-electron chi connectivity index (χ2n) is 4.46. The summed E-state index contributed by atoms with van der Waals surface area (Å²) in [6.07, 6.45) is 1.46. The van der Waals surface area contributed by atoms with Crippen molar-refractivity contribution in [1.82, 2.24) is 4.98 Å². The number of rotatable bonds is 4. The van der Waals surface area contributed by atoms with Gasteiger partial charge < -0.3 is 9.47 Å². The summed E-state index contributed by atoms with van der Waals surface area (Å²) in [4.78, 5) is 15.3. The summed E-state index contributed by atoms with van der Waals surface area (Å²) in [6, 6.07) is 3.02. The molecular weight excluding hydrogens is 242 g/mol. The van der Waals surface area contributed by atoms with E-state index in [2.05, 4.69) is 4.98 Å². The van der Waals surface area contributed by atoms with Crippen LogP contribution in [0.3, 0.4) is 0 Å². The Morgan fingerprint density at radius 1 is 1.41 bits per heavy atom. The van der Waals surface area contributed by atoms with Crippen LogP contribution in [-0.2, 0) is 9.47 Å². The van der Waals surface area contributed by atoms with Crippen LogP contribution in [0.25, 0.3) is 0 Å². The predicted octanol–water partition coefficient (Wildman–Crippen LogP) is 2.71. The molecule has 5 heteroatoms. The number of esters is 1. The molecule has 4 nitrogen and oxygen atoms in total. The van der Waals surface area contributed by atoms with E-state index in [1.807, 2.05) is 20.8 Å². The van der Waals surface area contributed by atoms with Gasteiger partial charge in [-0.1, -0.05) is 11.6 Å². The Kier molecular flexibility index (Phi) is 4.90. The van der Waals surface area contributed by atoms with Crippen LogP contribution in [-0.4, -0.2) is 29.8 Å². The normalized spacial score (nSPS) is 11.3. The number of carbonyl (C=O) groups is 1. The van der Waals surface area contributed by atoms with Gasteiger partial charge in [0.2, 0.25) is 0 Å². The molecule has 0 N–H and O–H groups in total. The zero-order valence-corrected chi connectivity index (χ0v) is 11.0. The number of hydrogen-bond donors (Lipinski definition) is 0. The van der Waals surface area contributed by atoms with E-state index in [9.17, 15) is 4.79 Å². The maximum Gasteiger partial charge on any atom is 0.338 e. The zero-order valence-electron chi connectivity index (χ0n) is 10.2. The molecule has 0 unspecified atom stereocenters. The Hall–Kier alpha value is -1.13. The molecule has 0 aromatic carbocycles. The lowest BCUT2D eigenvalue weighted by Crippen LogP contribution is -2.22. The van der Waals surface area contributed by atoms with Crippen molar-refractivity contribution in [2.45, 2.75) is 26.4 Å². The summed E-state index contributed by atoms with van der Waals surface area (Å²) >= 11 is 5.67. The summed E-state index contributed by atoms with van der Waals surface area (Å²) in [5.74, 6) is -0.424. The number of halogens is 1. The largest absolute Gasteiger partial charge is 0.460 e. The second kappa shape index (κ2) is 5.98. The van der Waals surface area contributed by atoms with E-state index in [0.29, 0.717) is 12.2 Å². The van der Waals surface area contributed by atoms with Crippen molar-refractivity contribution in [2.24, 2.45) is 0 Å². The monoisotopic (exact) mass is 257 g/mol. The Morgan fingerprint density at radius 2 is 2.12 bits per heavy atom. The maximum atomic E-state index is 11.6. The summed E-state index contributed by atoms with van der Waals surface area (Å²) < 4.78 is 10.5. The zero-order chi connectivity index (χ0) is 12.9. The molecule has 0 saturated heterocycles. The van der Waals surface area contributed by atoms with Gasteiger partial charge in [0, 0.05) is 6.20 Å². The van der Waals surface area contributed by atoms with Crippen LogP contribution in [0.2, 0.25) is 5.15 Å². The van der Waals surface area contributed by atoms with Crippen LogP contribution in [0.1, 0.15) is 31.1 Å².